The van der Waals surface area contributed by atoms with Gasteiger partial charge in [0.15, 0.2) is 5.60 Å². The molecule has 138 valence electrons. The van der Waals surface area contributed by atoms with Crippen molar-refractivity contribution in [3.05, 3.63) is 125 Å². The fourth-order valence-corrected chi connectivity index (χ4v) is 4.16. The van der Waals surface area contributed by atoms with Gasteiger partial charge >= 0.3 is 0 Å². The third kappa shape index (κ3) is 2.88. The highest BCUT2D eigenvalue weighted by atomic mass is 16.5. The van der Waals surface area contributed by atoms with Crippen molar-refractivity contribution < 1.29 is 4.74 Å². The molecule has 0 radical (unpaired) electrons. The fraction of sp³-hybridized carbons (Fsp3) is 0.0741. The molecule has 0 amide bonds. The summed E-state index contributed by atoms with van der Waals surface area (Å²) in [6, 6.07) is 37.2. The molecule has 1 aliphatic heterocycles. The topological polar surface area (TPSA) is 33.0 Å². The molecule has 0 bridgehead atoms. The molecule has 0 fully saturated rings. The van der Waals surface area contributed by atoms with Gasteiger partial charge < -0.3 is 4.74 Å². The van der Waals surface area contributed by atoms with Crippen LogP contribution in [0.3, 0.4) is 0 Å². The highest BCUT2D eigenvalue weighted by Gasteiger charge is 2.44. The van der Waals surface area contributed by atoms with Crippen LogP contribution in [0.1, 0.15) is 23.1 Å². The first-order valence-corrected chi connectivity index (χ1v) is 9.73. The van der Waals surface area contributed by atoms with Crippen molar-refractivity contribution in [2.45, 2.75) is 12.0 Å². The number of rotatable bonds is 3. The first-order chi connectivity index (χ1) is 14.3. The van der Waals surface area contributed by atoms with Crippen LogP contribution in [0.15, 0.2) is 109 Å². The smallest absolute Gasteiger partial charge is 0.164 e. The Morgan fingerprint density at radius 3 is 1.90 bits per heavy atom. The fourth-order valence-electron chi connectivity index (χ4n) is 4.16. The molecule has 5 rings (SSSR count). The summed E-state index contributed by atoms with van der Waals surface area (Å²) in [5.74, 6) is 0.672. The minimum atomic E-state index is -0.700. The van der Waals surface area contributed by atoms with Crippen LogP contribution in [0, 0.1) is 11.3 Å². The Morgan fingerprint density at radius 2 is 1.28 bits per heavy atom. The SMILES string of the molecule is N#CC1=C(c2ccc3ccccc3c2)OC(c2ccccc2)(c2ccccc2)C1. The number of nitriles is 1. The van der Waals surface area contributed by atoms with E-state index < -0.39 is 5.60 Å². The molecule has 0 aliphatic carbocycles. The third-order valence-corrected chi connectivity index (χ3v) is 5.60. The van der Waals surface area contributed by atoms with E-state index in [1.54, 1.807) is 0 Å². The molecule has 0 N–H and O–H groups in total. The van der Waals surface area contributed by atoms with Gasteiger partial charge in [0.25, 0.3) is 0 Å². The van der Waals surface area contributed by atoms with Crippen molar-refractivity contribution in [3.8, 4) is 6.07 Å². The number of benzene rings is 4. The highest BCUT2D eigenvalue weighted by molar-refractivity contribution is 5.86. The second-order valence-corrected chi connectivity index (χ2v) is 7.32. The molecule has 2 heteroatoms. The van der Waals surface area contributed by atoms with E-state index in [0.717, 1.165) is 22.1 Å². The van der Waals surface area contributed by atoms with Crippen molar-refractivity contribution >= 4 is 16.5 Å². The lowest BCUT2D eigenvalue weighted by Crippen LogP contribution is -2.27. The quantitative estimate of drug-likeness (QED) is 0.414. The Morgan fingerprint density at radius 1 is 0.690 bits per heavy atom. The number of nitrogens with zero attached hydrogens (tertiary/aromatic N) is 1. The van der Waals surface area contributed by atoms with Gasteiger partial charge in [0, 0.05) is 23.1 Å². The van der Waals surface area contributed by atoms with Crippen molar-refractivity contribution in [1.82, 2.24) is 0 Å². The maximum Gasteiger partial charge on any atom is 0.164 e. The minimum Gasteiger partial charge on any atom is -0.476 e. The largest absolute Gasteiger partial charge is 0.476 e. The molecule has 0 saturated carbocycles. The van der Waals surface area contributed by atoms with Crippen LogP contribution in [-0.2, 0) is 10.3 Å². The number of fused-ring (bicyclic) bond motifs is 1. The van der Waals surface area contributed by atoms with Crippen molar-refractivity contribution in [1.29, 1.82) is 5.26 Å². The lowest BCUT2D eigenvalue weighted by Gasteiger charge is -2.31. The second-order valence-electron chi connectivity index (χ2n) is 7.32. The summed E-state index contributed by atoms with van der Waals surface area (Å²) >= 11 is 0. The van der Waals surface area contributed by atoms with Gasteiger partial charge in [-0.05, 0) is 16.8 Å². The van der Waals surface area contributed by atoms with E-state index in [1.165, 1.54) is 5.39 Å². The van der Waals surface area contributed by atoms with E-state index in [4.69, 9.17) is 4.74 Å². The summed E-state index contributed by atoms with van der Waals surface area (Å²) in [6.07, 6.45) is 0.514. The number of ether oxygens (including phenoxy) is 1. The standard InChI is InChI=1S/C27H19NO/c28-19-23-18-27(24-11-3-1-4-12-24,25-13-5-2-6-14-25)29-26(23)22-16-15-20-9-7-8-10-21(20)17-22/h1-17H,18H2. The van der Waals surface area contributed by atoms with Gasteiger partial charge in [-0.3, -0.25) is 0 Å². The maximum atomic E-state index is 9.95. The van der Waals surface area contributed by atoms with E-state index in [1.807, 2.05) is 54.6 Å². The van der Waals surface area contributed by atoms with Crippen LogP contribution in [0.5, 0.6) is 0 Å². The average molecular weight is 373 g/mol. The van der Waals surface area contributed by atoms with Crippen LogP contribution in [-0.4, -0.2) is 0 Å². The monoisotopic (exact) mass is 373 g/mol. The van der Waals surface area contributed by atoms with E-state index in [2.05, 4.69) is 54.6 Å². The average Bonchev–Trinajstić information content (AvgIpc) is 3.21. The van der Waals surface area contributed by atoms with E-state index in [0.29, 0.717) is 17.8 Å². The van der Waals surface area contributed by atoms with E-state index >= 15 is 0 Å². The van der Waals surface area contributed by atoms with Crippen LogP contribution in [0.25, 0.3) is 16.5 Å². The molecule has 0 spiro atoms. The summed E-state index contributed by atoms with van der Waals surface area (Å²) in [4.78, 5) is 0. The van der Waals surface area contributed by atoms with Gasteiger partial charge in [-0.25, -0.2) is 0 Å². The maximum absolute atomic E-state index is 9.95. The van der Waals surface area contributed by atoms with Gasteiger partial charge in [0.05, 0.1) is 11.6 Å². The summed E-state index contributed by atoms with van der Waals surface area (Å²) in [5.41, 5.74) is 3.01. The van der Waals surface area contributed by atoms with Gasteiger partial charge in [-0.1, -0.05) is 97.1 Å². The Labute approximate surface area is 170 Å². The van der Waals surface area contributed by atoms with Gasteiger partial charge in [-0.15, -0.1) is 0 Å². The molecule has 29 heavy (non-hydrogen) atoms. The molecule has 1 heterocycles. The zero-order valence-corrected chi connectivity index (χ0v) is 15.9. The lowest BCUT2D eigenvalue weighted by atomic mass is 9.82. The number of hydrogen-bond acceptors (Lipinski definition) is 2. The first kappa shape index (κ1) is 17.3. The molecule has 1 aliphatic rings. The lowest BCUT2D eigenvalue weighted by molar-refractivity contribution is 0.101. The second kappa shape index (κ2) is 6.96. The zero-order valence-electron chi connectivity index (χ0n) is 15.9. The Kier molecular flexibility index (Phi) is 4.15. The summed E-state index contributed by atoms with van der Waals surface area (Å²) < 4.78 is 6.72. The zero-order chi connectivity index (χ0) is 19.7. The predicted molar refractivity (Wildman–Crippen MR) is 116 cm³/mol. The van der Waals surface area contributed by atoms with Crippen LogP contribution in [0.2, 0.25) is 0 Å². The third-order valence-electron chi connectivity index (χ3n) is 5.60. The van der Waals surface area contributed by atoms with Crippen LogP contribution >= 0.6 is 0 Å². The van der Waals surface area contributed by atoms with E-state index in [-0.39, 0.29) is 0 Å². The molecular formula is C27H19NO. The Bertz CT molecular complexity index is 1210. The molecule has 4 aromatic carbocycles. The Hall–Kier alpha value is -3.83. The molecule has 2 nitrogen and oxygen atoms in total. The number of hydrogen-bond donors (Lipinski definition) is 0. The molecule has 0 saturated heterocycles. The van der Waals surface area contributed by atoms with Gasteiger partial charge in [-0.2, -0.15) is 5.26 Å². The van der Waals surface area contributed by atoms with Gasteiger partial charge in [0.2, 0.25) is 0 Å². The molecule has 0 aromatic heterocycles. The predicted octanol–water partition coefficient (Wildman–Crippen LogP) is 6.44. The van der Waals surface area contributed by atoms with Crippen LogP contribution in [0.4, 0.5) is 0 Å². The van der Waals surface area contributed by atoms with Crippen molar-refractivity contribution in [2.75, 3.05) is 0 Å². The molecular weight excluding hydrogens is 354 g/mol. The molecule has 0 atom stereocenters. The molecule has 4 aromatic rings. The van der Waals surface area contributed by atoms with Crippen molar-refractivity contribution in [3.63, 3.8) is 0 Å². The summed E-state index contributed by atoms with van der Waals surface area (Å²) in [7, 11) is 0. The van der Waals surface area contributed by atoms with E-state index in [9.17, 15) is 5.26 Å². The summed E-state index contributed by atoms with van der Waals surface area (Å²) in [6.45, 7) is 0. The Balaban J connectivity index is 1.66. The van der Waals surface area contributed by atoms with Gasteiger partial charge in [0.1, 0.15) is 5.76 Å². The summed E-state index contributed by atoms with van der Waals surface area (Å²) in [5, 5.41) is 12.3. The highest BCUT2D eigenvalue weighted by Crippen LogP contribution is 2.49. The normalized spacial score (nSPS) is 15.1. The minimum absolute atomic E-state index is 0.514. The van der Waals surface area contributed by atoms with Crippen LogP contribution < -0.4 is 0 Å². The van der Waals surface area contributed by atoms with Crippen molar-refractivity contribution in [2.24, 2.45) is 0 Å². The molecule has 0 unspecified atom stereocenters. The first-order valence-electron chi connectivity index (χ1n) is 9.73.